The molecule has 0 radical (unpaired) electrons. The van der Waals surface area contributed by atoms with Crippen LogP contribution in [0.25, 0.3) is 5.69 Å². The molecule has 6 heteroatoms. The number of rotatable bonds is 3. The van der Waals surface area contributed by atoms with E-state index in [-0.39, 0.29) is 18.7 Å². The van der Waals surface area contributed by atoms with Gasteiger partial charge in [0.05, 0.1) is 6.61 Å². The zero-order valence-electron chi connectivity index (χ0n) is 8.35. The summed E-state index contributed by atoms with van der Waals surface area (Å²) in [5.74, 6) is -0.192. The van der Waals surface area contributed by atoms with Crippen LogP contribution >= 0.6 is 0 Å². The predicted molar refractivity (Wildman–Crippen MR) is 54.9 cm³/mol. The standard InChI is InChI=1S/C10H10FN3O2/c11-7-3-1-2-4-8(7)14-10(16)12-9(13-14)5-6-15/h1-4,15H,5-6H2,(H,12,13,16). The van der Waals surface area contributed by atoms with Crippen LogP contribution in [0.4, 0.5) is 4.39 Å². The highest BCUT2D eigenvalue weighted by molar-refractivity contribution is 5.31. The first-order valence-corrected chi connectivity index (χ1v) is 4.76. The summed E-state index contributed by atoms with van der Waals surface area (Å²) in [4.78, 5) is 13.9. The van der Waals surface area contributed by atoms with Gasteiger partial charge in [0.15, 0.2) is 0 Å². The number of H-pyrrole nitrogens is 1. The first-order chi connectivity index (χ1) is 7.72. The molecule has 0 unspecified atom stereocenters. The van der Waals surface area contributed by atoms with Gasteiger partial charge in [-0.15, -0.1) is 5.10 Å². The number of hydrogen-bond donors (Lipinski definition) is 2. The predicted octanol–water partition coefficient (Wildman–Crippen LogP) is 0.234. The quantitative estimate of drug-likeness (QED) is 0.782. The Morgan fingerprint density at radius 2 is 2.19 bits per heavy atom. The van der Waals surface area contributed by atoms with Gasteiger partial charge in [-0.2, -0.15) is 4.68 Å². The van der Waals surface area contributed by atoms with E-state index in [9.17, 15) is 9.18 Å². The Bertz CT molecular complexity index is 547. The molecule has 2 aromatic rings. The smallest absolute Gasteiger partial charge is 0.348 e. The molecule has 1 aromatic heterocycles. The number of benzene rings is 1. The summed E-state index contributed by atoms with van der Waals surface area (Å²) in [5.41, 5.74) is -0.429. The van der Waals surface area contributed by atoms with Crippen LogP contribution in [0.1, 0.15) is 5.82 Å². The maximum atomic E-state index is 13.4. The molecule has 0 atom stereocenters. The average Bonchev–Trinajstić information content (AvgIpc) is 2.61. The number of aliphatic hydroxyl groups excluding tert-OH is 1. The van der Waals surface area contributed by atoms with E-state index in [1.807, 2.05) is 0 Å². The first-order valence-electron chi connectivity index (χ1n) is 4.76. The number of nitrogens with zero attached hydrogens (tertiary/aromatic N) is 2. The fourth-order valence-electron chi connectivity index (χ4n) is 1.37. The number of aromatic nitrogens is 3. The second-order valence-corrected chi connectivity index (χ2v) is 3.21. The third-order valence-electron chi connectivity index (χ3n) is 2.09. The van der Waals surface area contributed by atoms with Crippen molar-refractivity contribution in [2.24, 2.45) is 0 Å². The maximum absolute atomic E-state index is 13.4. The van der Waals surface area contributed by atoms with E-state index in [0.717, 1.165) is 4.68 Å². The topological polar surface area (TPSA) is 70.9 Å². The van der Waals surface area contributed by atoms with Gasteiger partial charge in [-0.1, -0.05) is 12.1 Å². The lowest BCUT2D eigenvalue weighted by molar-refractivity contribution is 0.296. The molecule has 16 heavy (non-hydrogen) atoms. The van der Waals surface area contributed by atoms with Crippen molar-refractivity contribution < 1.29 is 9.50 Å². The fourth-order valence-corrected chi connectivity index (χ4v) is 1.37. The van der Waals surface area contributed by atoms with Crippen molar-refractivity contribution in [2.45, 2.75) is 6.42 Å². The number of para-hydroxylation sites is 1. The van der Waals surface area contributed by atoms with E-state index in [0.29, 0.717) is 5.82 Å². The summed E-state index contributed by atoms with van der Waals surface area (Å²) >= 11 is 0. The molecule has 2 N–H and O–H groups in total. The summed E-state index contributed by atoms with van der Waals surface area (Å²) in [5, 5.41) is 12.6. The zero-order chi connectivity index (χ0) is 11.5. The average molecular weight is 223 g/mol. The van der Waals surface area contributed by atoms with E-state index >= 15 is 0 Å². The van der Waals surface area contributed by atoms with E-state index in [1.165, 1.54) is 18.2 Å². The molecule has 0 aliphatic rings. The Balaban J connectivity index is 2.48. The van der Waals surface area contributed by atoms with Crippen LogP contribution in [-0.2, 0) is 6.42 Å². The van der Waals surface area contributed by atoms with Gasteiger partial charge in [0.25, 0.3) is 0 Å². The van der Waals surface area contributed by atoms with Crippen LogP contribution < -0.4 is 5.69 Å². The molecule has 0 fully saturated rings. The Labute approximate surface area is 90.2 Å². The van der Waals surface area contributed by atoms with Gasteiger partial charge in [0.2, 0.25) is 0 Å². The third kappa shape index (κ3) is 1.87. The van der Waals surface area contributed by atoms with Crippen molar-refractivity contribution in [3.8, 4) is 5.69 Å². The minimum absolute atomic E-state index is 0.0907. The lowest BCUT2D eigenvalue weighted by Crippen LogP contribution is -2.17. The first kappa shape index (κ1) is 10.6. The normalized spacial score (nSPS) is 10.6. The summed E-state index contributed by atoms with van der Waals surface area (Å²) in [6.07, 6.45) is 0.233. The van der Waals surface area contributed by atoms with Gasteiger partial charge in [0.1, 0.15) is 17.3 Å². The van der Waals surface area contributed by atoms with Gasteiger partial charge in [0, 0.05) is 6.42 Å². The van der Waals surface area contributed by atoms with Crippen LogP contribution in [0.3, 0.4) is 0 Å². The summed E-state index contributed by atoms with van der Waals surface area (Å²) < 4.78 is 14.3. The molecule has 84 valence electrons. The SMILES string of the molecule is O=c1[nH]c(CCO)nn1-c1ccccc1F. The Kier molecular flexibility index (Phi) is 2.82. The minimum atomic E-state index is -0.522. The van der Waals surface area contributed by atoms with Gasteiger partial charge < -0.3 is 5.11 Å². The van der Waals surface area contributed by atoms with Crippen LogP contribution in [0.5, 0.6) is 0 Å². The summed E-state index contributed by atoms with van der Waals surface area (Å²) in [6, 6.07) is 5.86. The lowest BCUT2D eigenvalue weighted by atomic mass is 10.3. The highest BCUT2D eigenvalue weighted by Crippen LogP contribution is 2.08. The van der Waals surface area contributed by atoms with Gasteiger partial charge in [-0.05, 0) is 12.1 Å². The van der Waals surface area contributed by atoms with Crippen molar-refractivity contribution in [1.29, 1.82) is 0 Å². The monoisotopic (exact) mass is 223 g/mol. The highest BCUT2D eigenvalue weighted by atomic mass is 19.1. The van der Waals surface area contributed by atoms with Crippen LogP contribution in [-0.4, -0.2) is 26.5 Å². The Hall–Kier alpha value is -1.95. The van der Waals surface area contributed by atoms with Gasteiger partial charge >= 0.3 is 5.69 Å². The minimum Gasteiger partial charge on any atom is -0.396 e. The summed E-state index contributed by atoms with van der Waals surface area (Å²) in [7, 11) is 0. The molecule has 0 aliphatic heterocycles. The maximum Gasteiger partial charge on any atom is 0.348 e. The van der Waals surface area contributed by atoms with Crippen molar-refractivity contribution in [3.05, 3.63) is 46.4 Å². The van der Waals surface area contributed by atoms with E-state index in [4.69, 9.17) is 5.11 Å². The lowest BCUT2D eigenvalue weighted by Gasteiger charge is -1.99. The van der Waals surface area contributed by atoms with Crippen molar-refractivity contribution in [1.82, 2.24) is 14.8 Å². The molecule has 2 rings (SSSR count). The van der Waals surface area contributed by atoms with Crippen molar-refractivity contribution in [2.75, 3.05) is 6.61 Å². The highest BCUT2D eigenvalue weighted by Gasteiger charge is 2.09. The largest absolute Gasteiger partial charge is 0.396 e. The molecule has 1 heterocycles. The van der Waals surface area contributed by atoms with Crippen molar-refractivity contribution >= 4 is 0 Å². The molecule has 0 spiro atoms. The van der Waals surface area contributed by atoms with E-state index < -0.39 is 11.5 Å². The Morgan fingerprint density at radius 1 is 1.44 bits per heavy atom. The van der Waals surface area contributed by atoms with E-state index in [1.54, 1.807) is 6.07 Å². The molecule has 5 nitrogen and oxygen atoms in total. The molecule has 0 bridgehead atoms. The van der Waals surface area contributed by atoms with Crippen LogP contribution in [0, 0.1) is 5.82 Å². The van der Waals surface area contributed by atoms with Crippen LogP contribution in [0.15, 0.2) is 29.1 Å². The van der Waals surface area contributed by atoms with Crippen LogP contribution in [0.2, 0.25) is 0 Å². The number of hydrogen-bond acceptors (Lipinski definition) is 3. The zero-order valence-corrected chi connectivity index (χ0v) is 8.35. The van der Waals surface area contributed by atoms with Gasteiger partial charge in [-0.25, -0.2) is 9.18 Å². The fraction of sp³-hybridized carbons (Fsp3) is 0.200. The molecular formula is C10H10FN3O2. The molecule has 1 aromatic carbocycles. The third-order valence-corrected chi connectivity index (χ3v) is 2.09. The number of aliphatic hydroxyl groups is 1. The molecule has 0 saturated heterocycles. The Morgan fingerprint density at radius 3 is 2.88 bits per heavy atom. The number of nitrogens with one attached hydrogen (secondary N) is 1. The van der Waals surface area contributed by atoms with Gasteiger partial charge in [-0.3, -0.25) is 4.98 Å². The molecule has 0 amide bonds. The summed E-state index contributed by atoms with van der Waals surface area (Å²) in [6.45, 7) is -0.121. The molecule has 0 aliphatic carbocycles. The molecule has 0 saturated carbocycles. The van der Waals surface area contributed by atoms with Crippen molar-refractivity contribution in [3.63, 3.8) is 0 Å². The number of aromatic amines is 1. The van der Waals surface area contributed by atoms with E-state index in [2.05, 4.69) is 10.1 Å². The second kappa shape index (κ2) is 4.28. The second-order valence-electron chi connectivity index (χ2n) is 3.21. The molecular weight excluding hydrogens is 213 g/mol. The number of halogens is 1.